The Morgan fingerprint density at radius 1 is 1.62 bits per heavy atom. The van der Waals surface area contributed by atoms with Gasteiger partial charge in [-0.3, -0.25) is 0 Å². The minimum absolute atomic E-state index is 0.507. The van der Waals surface area contributed by atoms with Crippen LogP contribution in [0.1, 0.15) is 19.8 Å². The highest BCUT2D eigenvalue weighted by atomic mass is 16.5. The van der Waals surface area contributed by atoms with Gasteiger partial charge in [-0.25, -0.2) is 0 Å². The van der Waals surface area contributed by atoms with E-state index in [2.05, 4.69) is 0 Å². The SMILES string of the molecule is C[C@]1(O)CCCOC1. The van der Waals surface area contributed by atoms with Gasteiger partial charge in [-0.2, -0.15) is 0 Å². The van der Waals surface area contributed by atoms with Crippen molar-refractivity contribution in [3.8, 4) is 0 Å². The van der Waals surface area contributed by atoms with Crippen molar-refractivity contribution in [2.75, 3.05) is 13.2 Å². The van der Waals surface area contributed by atoms with Crippen LogP contribution in [-0.2, 0) is 4.74 Å². The maximum Gasteiger partial charge on any atom is 0.0853 e. The number of aliphatic hydroxyl groups is 1. The lowest BCUT2D eigenvalue weighted by Gasteiger charge is -2.27. The van der Waals surface area contributed by atoms with E-state index in [-0.39, 0.29) is 0 Å². The van der Waals surface area contributed by atoms with Gasteiger partial charge in [0.1, 0.15) is 0 Å². The van der Waals surface area contributed by atoms with Crippen LogP contribution < -0.4 is 0 Å². The number of hydrogen-bond acceptors (Lipinski definition) is 2. The molecule has 1 aliphatic heterocycles. The Bertz CT molecular complexity index is 70.6. The van der Waals surface area contributed by atoms with E-state index in [1.165, 1.54) is 0 Å². The van der Waals surface area contributed by atoms with Crippen LogP contribution in [0.4, 0.5) is 0 Å². The zero-order valence-electron chi connectivity index (χ0n) is 5.18. The third-order valence-electron chi connectivity index (χ3n) is 1.42. The number of rotatable bonds is 0. The van der Waals surface area contributed by atoms with Crippen LogP contribution in [0.2, 0.25) is 0 Å². The molecule has 0 aromatic carbocycles. The first-order chi connectivity index (χ1) is 3.71. The molecule has 2 nitrogen and oxygen atoms in total. The van der Waals surface area contributed by atoms with Crippen LogP contribution in [0.15, 0.2) is 0 Å². The molecular formula is C6H12O2. The highest BCUT2D eigenvalue weighted by Crippen LogP contribution is 2.16. The van der Waals surface area contributed by atoms with Gasteiger partial charge in [0.25, 0.3) is 0 Å². The summed E-state index contributed by atoms with van der Waals surface area (Å²) in [6, 6.07) is 0. The average Bonchev–Trinajstić information content (AvgIpc) is 1.65. The molecule has 0 aromatic heterocycles. The molecule has 0 spiro atoms. The second-order valence-electron chi connectivity index (χ2n) is 2.65. The summed E-state index contributed by atoms with van der Waals surface area (Å²) in [7, 11) is 0. The standard InChI is InChI=1S/C6H12O2/c1-6(7)3-2-4-8-5-6/h7H,2-5H2,1H3/t6-/m0/s1. The third-order valence-corrected chi connectivity index (χ3v) is 1.42. The van der Waals surface area contributed by atoms with Crippen molar-refractivity contribution in [2.24, 2.45) is 0 Å². The minimum atomic E-state index is -0.543. The molecule has 2 heteroatoms. The summed E-state index contributed by atoms with van der Waals surface area (Å²) in [5, 5.41) is 9.25. The fourth-order valence-electron chi connectivity index (χ4n) is 0.919. The zero-order valence-corrected chi connectivity index (χ0v) is 5.18. The number of ether oxygens (including phenoxy) is 1. The van der Waals surface area contributed by atoms with Crippen LogP contribution >= 0.6 is 0 Å². The Hall–Kier alpha value is -0.0800. The van der Waals surface area contributed by atoms with Crippen LogP contribution in [0.25, 0.3) is 0 Å². The quantitative estimate of drug-likeness (QED) is 0.500. The molecule has 0 unspecified atom stereocenters. The summed E-state index contributed by atoms with van der Waals surface area (Å²) in [4.78, 5) is 0. The van der Waals surface area contributed by atoms with E-state index >= 15 is 0 Å². The van der Waals surface area contributed by atoms with Gasteiger partial charge < -0.3 is 9.84 Å². The maximum absolute atomic E-state index is 9.25. The first-order valence-corrected chi connectivity index (χ1v) is 3.01. The van der Waals surface area contributed by atoms with Crippen LogP contribution in [-0.4, -0.2) is 23.9 Å². The molecule has 0 radical (unpaired) electrons. The fourth-order valence-corrected chi connectivity index (χ4v) is 0.919. The van der Waals surface area contributed by atoms with Gasteiger partial charge in [0.15, 0.2) is 0 Å². The maximum atomic E-state index is 9.25. The van der Waals surface area contributed by atoms with E-state index in [0.717, 1.165) is 19.4 Å². The topological polar surface area (TPSA) is 29.5 Å². The molecule has 0 saturated carbocycles. The van der Waals surface area contributed by atoms with E-state index < -0.39 is 5.60 Å². The average molecular weight is 116 g/mol. The molecule has 1 atom stereocenters. The molecule has 1 saturated heterocycles. The lowest BCUT2D eigenvalue weighted by atomic mass is 10.00. The predicted octanol–water partition coefficient (Wildman–Crippen LogP) is 0.548. The van der Waals surface area contributed by atoms with Crippen molar-refractivity contribution in [3.05, 3.63) is 0 Å². The largest absolute Gasteiger partial charge is 0.388 e. The van der Waals surface area contributed by atoms with Gasteiger partial charge in [0, 0.05) is 6.61 Å². The molecule has 1 aliphatic rings. The van der Waals surface area contributed by atoms with Gasteiger partial charge in [-0.15, -0.1) is 0 Å². The van der Waals surface area contributed by atoms with Gasteiger partial charge in [-0.05, 0) is 19.8 Å². The van der Waals surface area contributed by atoms with E-state index in [1.54, 1.807) is 0 Å². The van der Waals surface area contributed by atoms with E-state index in [4.69, 9.17) is 4.74 Å². The van der Waals surface area contributed by atoms with Crippen molar-refractivity contribution >= 4 is 0 Å². The molecule has 1 fully saturated rings. The first kappa shape index (κ1) is 6.05. The van der Waals surface area contributed by atoms with E-state index in [9.17, 15) is 5.11 Å². The summed E-state index contributed by atoms with van der Waals surface area (Å²) in [6.45, 7) is 3.13. The van der Waals surface area contributed by atoms with Crippen LogP contribution in [0, 0.1) is 0 Å². The first-order valence-electron chi connectivity index (χ1n) is 3.01. The van der Waals surface area contributed by atoms with Crippen LogP contribution in [0.5, 0.6) is 0 Å². The lowest BCUT2D eigenvalue weighted by molar-refractivity contribution is -0.0729. The molecular weight excluding hydrogens is 104 g/mol. The molecule has 0 amide bonds. The van der Waals surface area contributed by atoms with Crippen molar-refractivity contribution in [3.63, 3.8) is 0 Å². The van der Waals surface area contributed by atoms with Crippen molar-refractivity contribution in [2.45, 2.75) is 25.4 Å². The Balaban J connectivity index is 2.33. The third kappa shape index (κ3) is 1.46. The molecule has 48 valence electrons. The monoisotopic (exact) mass is 116 g/mol. The molecule has 1 N–H and O–H groups in total. The molecule has 1 heterocycles. The highest BCUT2D eigenvalue weighted by molar-refractivity contribution is 4.74. The Kier molecular flexibility index (Phi) is 1.54. The van der Waals surface area contributed by atoms with Gasteiger partial charge in [0.2, 0.25) is 0 Å². The van der Waals surface area contributed by atoms with Gasteiger partial charge in [-0.1, -0.05) is 0 Å². The normalized spacial score (nSPS) is 39.8. The Morgan fingerprint density at radius 2 is 2.38 bits per heavy atom. The second-order valence-corrected chi connectivity index (χ2v) is 2.65. The smallest absolute Gasteiger partial charge is 0.0853 e. The van der Waals surface area contributed by atoms with Crippen molar-refractivity contribution in [1.82, 2.24) is 0 Å². The predicted molar refractivity (Wildman–Crippen MR) is 30.7 cm³/mol. The van der Waals surface area contributed by atoms with E-state index in [0.29, 0.717) is 6.61 Å². The van der Waals surface area contributed by atoms with Crippen molar-refractivity contribution < 1.29 is 9.84 Å². The highest BCUT2D eigenvalue weighted by Gasteiger charge is 2.23. The minimum Gasteiger partial charge on any atom is -0.388 e. The Morgan fingerprint density at radius 3 is 2.62 bits per heavy atom. The zero-order chi connectivity index (χ0) is 6.04. The summed E-state index contributed by atoms with van der Waals surface area (Å²) in [6.07, 6.45) is 1.88. The number of hydrogen-bond donors (Lipinski definition) is 1. The Labute approximate surface area is 49.5 Å². The molecule has 1 rings (SSSR count). The van der Waals surface area contributed by atoms with E-state index in [1.807, 2.05) is 6.92 Å². The summed E-state index contributed by atoms with van der Waals surface area (Å²) < 4.78 is 5.03. The molecule has 0 aliphatic carbocycles. The molecule has 0 bridgehead atoms. The summed E-state index contributed by atoms with van der Waals surface area (Å²) in [5.74, 6) is 0. The van der Waals surface area contributed by atoms with Crippen molar-refractivity contribution in [1.29, 1.82) is 0 Å². The fraction of sp³-hybridized carbons (Fsp3) is 1.00. The van der Waals surface area contributed by atoms with Gasteiger partial charge >= 0.3 is 0 Å². The molecule has 8 heavy (non-hydrogen) atoms. The molecule has 0 aromatic rings. The lowest BCUT2D eigenvalue weighted by Crippen LogP contribution is -2.34. The summed E-state index contributed by atoms with van der Waals surface area (Å²) in [5.41, 5.74) is -0.543. The summed E-state index contributed by atoms with van der Waals surface area (Å²) >= 11 is 0. The van der Waals surface area contributed by atoms with Crippen LogP contribution in [0.3, 0.4) is 0 Å². The van der Waals surface area contributed by atoms with Gasteiger partial charge in [0.05, 0.1) is 12.2 Å². The second kappa shape index (κ2) is 2.03.